The monoisotopic (exact) mass is 270 g/mol. The Morgan fingerprint density at radius 2 is 1.65 bits per heavy atom. The Bertz CT molecular complexity index is 623. The van der Waals surface area contributed by atoms with Crippen molar-refractivity contribution in [3.63, 3.8) is 0 Å². The number of anilines is 1. The topological polar surface area (TPSA) is 41.1 Å². The fraction of sp³-hybridized carbons (Fsp3) is 0.188. The van der Waals surface area contributed by atoms with Crippen LogP contribution in [-0.2, 0) is 5.54 Å². The zero-order chi connectivity index (χ0) is 14.0. The molecule has 0 aromatic heterocycles. The van der Waals surface area contributed by atoms with E-state index in [0.717, 1.165) is 12.8 Å². The normalized spacial score (nSPS) is 15.4. The first-order valence-corrected chi connectivity index (χ1v) is 6.59. The second-order valence-electron chi connectivity index (χ2n) is 5.01. The van der Waals surface area contributed by atoms with Gasteiger partial charge in [-0.05, 0) is 31.0 Å². The maximum absolute atomic E-state index is 13.8. The molecule has 2 amide bonds. The zero-order valence-electron chi connectivity index (χ0n) is 10.9. The van der Waals surface area contributed by atoms with Gasteiger partial charge in [-0.1, -0.05) is 36.4 Å². The number of carbonyl (C=O) groups is 1. The van der Waals surface area contributed by atoms with Crippen molar-refractivity contribution in [1.29, 1.82) is 0 Å². The minimum Gasteiger partial charge on any atom is -0.328 e. The van der Waals surface area contributed by atoms with Gasteiger partial charge >= 0.3 is 6.03 Å². The van der Waals surface area contributed by atoms with Gasteiger partial charge < -0.3 is 10.6 Å². The molecule has 0 bridgehead atoms. The van der Waals surface area contributed by atoms with Crippen LogP contribution < -0.4 is 10.6 Å². The van der Waals surface area contributed by atoms with Gasteiger partial charge in [-0.3, -0.25) is 0 Å². The molecule has 1 fully saturated rings. The lowest BCUT2D eigenvalue weighted by molar-refractivity contribution is 0.247. The standard InChI is InChI=1S/C16H15FN2O/c17-14-9-5-4-8-13(14)16(10-11-16)19-15(20)18-12-6-2-1-3-7-12/h1-9H,10-11H2,(H2,18,19,20). The summed E-state index contributed by atoms with van der Waals surface area (Å²) in [5.74, 6) is -0.273. The van der Waals surface area contributed by atoms with Crippen molar-refractivity contribution in [3.05, 3.63) is 66.0 Å². The maximum Gasteiger partial charge on any atom is 0.319 e. The van der Waals surface area contributed by atoms with E-state index >= 15 is 0 Å². The molecule has 3 rings (SSSR count). The summed E-state index contributed by atoms with van der Waals surface area (Å²) in [7, 11) is 0. The fourth-order valence-corrected chi connectivity index (χ4v) is 2.34. The summed E-state index contributed by atoms with van der Waals surface area (Å²) in [4.78, 5) is 12.0. The molecule has 0 atom stereocenters. The Kier molecular flexibility index (Phi) is 3.14. The number of hydrogen-bond donors (Lipinski definition) is 2. The third kappa shape index (κ3) is 2.50. The Hall–Kier alpha value is -2.36. The Morgan fingerprint density at radius 3 is 2.30 bits per heavy atom. The van der Waals surface area contributed by atoms with E-state index in [0.29, 0.717) is 11.3 Å². The Labute approximate surface area is 116 Å². The number of halogens is 1. The molecule has 0 heterocycles. The van der Waals surface area contributed by atoms with Crippen molar-refractivity contribution < 1.29 is 9.18 Å². The summed E-state index contributed by atoms with van der Waals surface area (Å²) in [6.07, 6.45) is 1.52. The minimum atomic E-state index is -0.551. The quantitative estimate of drug-likeness (QED) is 0.878. The van der Waals surface area contributed by atoms with Crippen molar-refractivity contribution >= 4 is 11.7 Å². The first-order valence-electron chi connectivity index (χ1n) is 6.59. The zero-order valence-corrected chi connectivity index (χ0v) is 10.9. The van der Waals surface area contributed by atoms with Crippen LogP contribution in [0, 0.1) is 5.82 Å². The summed E-state index contributed by atoms with van der Waals surface area (Å²) >= 11 is 0. The number of hydrogen-bond acceptors (Lipinski definition) is 1. The van der Waals surface area contributed by atoms with Crippen molar-refractivity contribution in [1.82, 2.24) is 5.32 Å². The van der Waals surface area contributed by atoms with E-state index in [-0.39, 0.29) is 11.8 Å². The molecule has 0 aliphatic heterocycles. The molecule has 1 aliphatic rings. The second kappa shape index (κ2) is 4.96. The van der Waals surface area contributed by atoms with Crippen molar-refractivity contribution in [3.8, 4) is 0 Å². The molecule has 0 radical (unpaired) electrons. The maximum atomic E-state index is 13.8. The van der Waals surface area contributed by atoms with Gasteiger partial charge in [0, 0.05) is 11.3 Å². The van der Waals surface area contributed by atoms with Crippen LogP contribution in [0.4, 0.5) is 14.9 Å². The summed E-state index contributed by atoms with van der Waals surface area (Å²) in [6.45, 7) is 0. The summed E-state index contributed by atoms with van der Waals surface area (Å²) in [6, 6.07) is 15.5. The lowest BCUT2D eigenvalue weighted by Gasteiger charge is -2.19. The van der Waals surface area contributed by atoms with Gasteiger partial charge in [-0.25, -0.2) is 9.18 Å². The van der Waals surface area contributed by atoms with Gasteiger partial charge in [0.1, 0.15) is 5.82 Å². The van der Waals surface area contributed by atoms with Crippen LogP contribution in [0.5, 0.6) is 0 Å². The van der Waals surface area contributed by atoms with E-state index in [4.69, 9.17) is 0 Å². The van der Waals surface area contributed by atoms with Crippen molar-refractivity contribution in [2.24, 2.45) is 0 Å². The molecule has 4 heteroatoms. The Balaban J connectivity index is 1.72. The predicted octanol–water partition coefficient (Wildman–Crippen LogP) is 3.64. The minimum absolute atomic E-state index is 0.273. The molecule has 2 N–H and O–H groups in total. The lowest BCUT2D eigenvalue weighted by Crippen LogP contribution is -2.38. The average Bonchev–Trinajstić information content (AvgIpc) is 3.20. The van der Waals surface area contributed by atoms with Gasteiger partial charge in [0.25, 0.3) is 0 Å². The van der Waals surface area contributed by atoms with Crippen LogP contribution >= 0.6 is 0 Å². The third-order valence-electron chi connectivity index (χ3n) is 3.52. The molecule has 1 aliphatic carbocycles. The first kappa shape index (κ1) is 12.7. The highest BCUT2D eigenvalue weighted by atomic mass is 19.1. The van der Waals surface area contributed by atoms with E-state index in [1.54, 1.807) is 18.2 Å². The van der Waals surface area contributed by atoms with E-state index in [1.165, 1.54) is 6.07 Å². The second-order valence-corrected chi connectivity index (χ2v) is 5.01. The van der Waals surface area contributed by atoms with Crippen LogP contribution in [0.2, 0.25) is 0 Å². The number of amides is 2. The number of rotatable bonds is 3. The largest absolute Gasteiger partial charge is 0.328 e. The molecule has 0 unspecified atom stereocenters. The van der Waals surface area contributed by atoms with E-state index in [9.17, 15) is 9.18 Å². The Morgan fingerprint density at radius 1 is 1.00 bits per heavy atom. The van der Waals surface area contributed by atoms with Crippen LogP contribution in [0.3, 0.4) is 0 Å². The van der Waals surface area contributed by atoms with E-state index < -0.39 is 5.54 Å². The third-order valence-corrected chi connectivity index (χ3v) is 3.52. The average molecular weight is 270 g/mol. The molecule has 2 aromatic carbocycles. The number of para-hydroxylation sites is 1. The molecule has 3 nitrogen and oxygen atoms in total. The summed E-state index contributed by atoms with van der Waals surface area (Å²) < 4.78 is 13.8. The number of urea groups is 1. The molecule has 1 saturated carbocycles. The van der Waals surface area contributed by atoms with Gasteiger partial charge in [-0.2, -0.15) is 0 Å². The van der Waals surface area contributed by atoms with Gasteiger partial charge in [0.2, 0.25) is 0 Å². The highest BCUT2D eigenvalue weighted by Gasteiger charge is 2.47. The van der Waals surface area contributed by atoms with Gasteiger partial charge in [0.15, 0.2) is 0 Å². The summed E-state index contributed by atoms with van der Waals surface area (Å²) in [5.41, 5.74) is 0.724. The molecule has 102 valence electrons. The van der Waals surface area contributed by atoms with Crippen molar-refractivity contribution in [2.75, 3.05) is 5.32 Å². The van der Waals surface area contributed by atoms with Crippen LogP contribution in [0.15, 0.2) is 54.6 Å². The lowest BCUT2D eigenvalue weighted by atomic mass is 10.0. The fourth-order valence-electron chi connectivity index (χ4n) is 2.34. The highest BCUT2D eigenvalue weighted by molar-refractivity contribution is 5.90. The molecular formula is C16H15FN2O. The van der Waals surface area contributed by atoms with Crippen LogP contribution in [0.25, 0.3) is 0 Å². The molecular weight excluding hydrogens is 255 g/mol. The van der Waals surface area contributed by atoms with E-state index in [1.807, 2.05) is 30.3 Å². The molecule has 2 aromatic rings. The number of carbonyl (C=O) groups excluding carboxylic acids is 1. The SMILES string of the molecule is O=C(Nc1ccccc1)NC1(c2ccccc2F)CC1. The molecule has 0 saturated heterocycles. The van der Waals surface area contributed by atoms with Crippen molar-refractivity contribution in [2.45, 2.75) is 18.4 Å². The van der Waals surface area contributed by atoms with Gasteiger partial charge in [0.05, 0.1) is 5.54 Å². The first-order chi connectivity index (χ1) is 9.70. The van der Waals surface area contributed by atoms with E-state index in [2.05, 4.69) is 10.6 Å². The highest BCUT2D eigenvalue weighted by Crippen LogP contribution is 2.46. The molecule has 0 spiro atoms. The number of nitrogens with one attached hydrogen (secondary N) is 2. The number of benzene rings is 2. The van der Waals surface area contributed by atoms with Crippen LogP contribution in [-0.4, -0.2) is 6.03 Å². The molecule has 20 heavy (non-hydrogen) atoms. The predicted molar refractivity (Wildman–Crippen MR) is 75.9 cm³/mol. The smallest absolute Gasteiger partial charge is 0.319 e. The van der Waals surface area contributed by atoms with Gasteiger partial charge in [-0.15, -0.1) is 0 Å². The van der Waals surface area contributed by atoms with Crippen LogP contribution in [0.1, 0.15) is 18.4 Å². The summed E-state index contributed by atoms with van der Waals surface area (Å²) in [5, 5.41) is 5.64.